The van der Waals surface area contributed by atoms with Gasteiger partial charge in [-0.15, -0.1) is 10.2 Å². The van der Waals surface area contributed by atoms with Crippen molar-refractivity contribution in [1.82, 2.24) is 20.1 Å². The van der Waals surface area contributed by atoms with E-state index in [1.54, 1.807) is 12.1 Å². The van der Waals surface area contributed by atoms with Gasteiger partial charge in [0.25, 0.3) is 5.91 Å². The van der Waals surface area contributed by atoms with Gasteiger partial charge in [0.05, 0.1) is 11.8 Å². The van der Waals surface area contributed by atoms with Gasteiger partial charge in [0.15, 0.2) is 11.0 Å². The van der Waals surface area contributed by atoms with E-state index in [4.69, 9.17) is 0 Å². The quantitative estimate of drug-likeness (QED) is 0.416. The average Bonchev–Trinajstić information content (AvgIpc) is 3.18. The second-order valence-corrected chi connectivity index (χ2v) is 9.24. The van der Waals surface area contributed by atoms with Crippen LogP contribution in [-0.2, 0) is 11.3 Å². The van der Waals surface area contributed by atoms with E-state index >= 15 is 0 Å². The zero-order chi connectivity index (χ0) is 23.3. The number of carbonyl (C=O) groups is 2. The van der Waals surface area contributed by atoms with Gasteiger partial charge in [-0.05, 0) is 63.6 Å². The topological polar surface area (TPSA) is 88.9 Å². The summed E-state index contributed by atoms with van der Waals surface area (Å²) in [7, 11) is 0. The fourth-order valence-corrected chi connectivity index (χ4v) is 4.18. The predicted molar refractivity (Wildman–Crippen MR) is 131 cm³/mol. The Kier molecular flexibility index (Phi) is 8.09. The van der Waals surface area contributed by atoms with Gasteiger partial charge in [0.2, 0.25) is 5.91 Å². The molecule has 0 bridgehead atoms. The third kappa shape index (κ3) is 5.98. The lowest BCUT2D eigenvalue weighted by molar-refractivity contribution is -0.113. The lowest BCUT2D eigenvalue weighted by Crippen LogP contribution is -2.28. The van der Waals surface area contributed by atoms with E-state index in [0.29, 0.717) is 23.1 Å². The number of aryl methyl sites for hydroxylation is 2. The zero-order valence-electron chi connectivity index (χ0n) is 18.5. The second kappa shape index (κ2) is 10.8. The van der Waals surface area contributed by atoms with E-state index in [-0.39, 0.29) is 23.6 Å². The Morgan fingerprint density at radius 3 is 2.50 bits per heavy atom. The highest BCUT2D eigenvalue weighted by molar-refractivity contribution is 9.10. The summed E-state index contributed by atoms with van der Waals surface area (Å²) in [6, 6.07) is 12.8. The van der Waals surface area contributed by atoms with E-state index in [2.05, 4.69) is 36.8 Å². The molecule has 1 atom stereocenters. The first-order chi connectivity index (χ1) is 15.3. The molecule has 0 radical (unpaired) electrons. The summed E-state index contributed by atoms with van der Waals surface area (Å²) in [5.74, 6) is 0.572. The molecule has 7 nitrogen and oxygen atoms in total. The fraction of sp³-hybridized carbons (Fsp3) is 0.304. The first-order valence-electron chi connectivity index (χ1n) is 10.3. The number of hydrogen-bond donors (Lipinski definition) is 2. The Balaban J connectivity index is 1.62. The number of amides is 2. The maximum atomic E-state index is 12.6. The van der Waals surface area contributed by atoms with Gasteiger partial charge in [-0.3, -0.25) is 9.59 Å². The number of nitrogens with zero attached hydrogens (tertiary/aromatic N) is 3. The number of benzene rings is 2. The fourth-order valence-electron chi connectivity index (χ4n) is 3.12. The van der Waals surface area contributed by atoms with Gasteiger partial charge >= 0.3 is 0 Å². The minimum absolute atomic E-state index is 0.121. The maximum absolute atomic E-state index is 12.6. The highest BCUT2D eigenvalue weighted by atomic mass is 79.9. The molecule has 2 amide bonds. The average molecular weight is 516 g/mol. The molecule has 0 aliphatic carbocycles. The molecule has 0 unspecified atom stereocenters. The van der Waals surface area contributed by atoms with Gasteiger partial charge in [0.1, 0.15) is 0 Å². The van der Waals surface area contributed by atoms with Gasteiger partial charge in [-0.2, -0.15) is 0 Å². The summed E-state index contributed by atoms with van der Waals surface area (Å²) in [4.78, 5) is 24.9. The molecule has 2 aromatic carbocycles. The molecule has 9 heteroatoms. The van der Waals surface area contributed by atoms with Crippen LogP contribution in [-0.4, -0.2) is 32.3 Å². The molecule has 1 aromatic heterocycles. The highest BCUT2D eigenvalue weighted by Gasteiger charge is 2.20. The Bertz CT molecular complexity index is 1110. The normalized spacial score (nSPS) is 11.8. The molecular formula is C23H26BrN5O2S. The summed E-state index contributed by atoms with van der Waals surface area (Å²) in [5.41, 5.74) is 3.50. The van der Waals surface area contributed by atoms with E-state index in [1.807, 2.05) is 62.6 Å². The van der Waals surface area contributed by atoms with Gasteiger partial charge < -0.3 is 15.2 Å². The van der Waals surface area contributed by atoms with Crippen molar-refractivity contribution in [2.75, 3.05) is 11.1 Å². The molecule has 168 valence electrons. The van der Waals surface area contributed by atoms with Crippen LogP contribution in [0.4, 0.5) is 5.69 Å². The summed E-state index contributed by atoms with van der Waals surface area (Å²) >= 11 is 4.77. The summed E-state index contributed by atoms with van der Waals surface area (Å²) in [6.07, 6.45) is 0. The Morgan fingerprint density at radius 2 is 1.84 bits per heavy atom. The van der Waals surface area contributed by atoms with Crippen LogP contribution in [0.1, 0.15) is 47.2 Å². The molecule has 1 heterocycles. The Labute approximate surface area is 200 Å². The standard InChI is InChI=1S/C23H26BrN5O2S/c1-5-29-21(16(4)25-22(31)17-8-6-14(2)7-9-17)27-28-23(29)32-13-20(30)26-18-10-11-19(24)15(3)12-18/h6-12,16H,5,13H2,1-4H3,(H,25,31)(H,26,30)/t16-/m0/s1. The van der Waals surface area contributed by atoms with Crippen molar-refractivity contribution in [3.8, 4) is 0 Å². The van der Waals surface area contributed by atoms with E-state index in [0.717, 1.165) is 21.3 Å². The number of aromatic nitrogens is 3. The van der Waals surface area contributed by atoms with E-state index in [1.165, 1.54) is 11.8 Å². The monoisotopic (exact) mass is 515 g/mol. The predicted octanol–water partition coefficient (Wildman–Crippen LogP) is 4.90. The summed E-state index contributed by atoms with van der Waals surface area (Å²) in [6.45, 7) is 8.43. The SMILES string of the molecule is CCn1c(SCC(=O)Nc2ccc(Br)c(C)c2)nnc1[C@H](C)NC(=O)c1ccc(C)cc1. The molecule has 0 aliphatic rings. The number of hydrogen-bond acceptors (Lipinski definition) is 5. The molecule has 3 rings (SSSR count). The smallest absolute Gasteiger partial charge is 0.251 e. The molecule has 2 N–H and O–H groups in total. The van der Waals surface area contributed by atoms with Gasteiger partial charge in [-0.25, -0.2) is 0 Å². The minimum Gasteiger partial charge on any atom is -0.342 e. The van der Waals surface area contributed by atoms with Crippen LogP contribution in [0.15, 0.2) is 52.1 Å². The number of anilines is 1. The van der Waals surface area contributed by atoms with Crippen LogP contribution in [0.2, 0.25) is 0 Å². The zero-order valence-corrected chi connectivity index (χ0v) is 20.9. The number of carbonyl (C=O) groups excluding carboxylic acids is 2. The Hall–Kier alpha value is -2.65. The molecule has 0 saturated carbocycles. The lowest BCUT2D eigenvalue weighted by Gasteiger charge is -2.15. The van der Waals surface area contributed by atoms with Crippen LogP contribution < -0.4 is 10.6 Å². The molecule has 32 heavy (non-hydrogen) atoms. The molecule has 0 spiro atoms. The lowest BCUT2D eigenvalue weighted by atomic mass is 10.1. The summed E-state index contributed by atoms with van der Waals surface area (Å²) < 4.78 is 2.92. The number of thioether (sulfide) groups is 1. The van der Waals surface area contributed by atoms with Crippen LogP contribution >= 0.6 is 27.7 Å². The first-order valence-corrected chi connectivity index (χ1v) is 12.1. The maximum Gasteiger partial charge on any atom is 0.251 e. The van der Waals surface area contributed by atoms with Crippen molar-refractivity contribution in [2.45, 2.75) is 45.4 Å². The highest BCUT2D eigenvalue weighted by Crippen LogP contribution is 2.23. The number of nitrogens with one attached hydrogen (secondary N) is 2. The number of rotatable bonds is 8. The van der Waals surface area contributed by atoms with Crippen LogP contribution in [0.25, 0.3) is 0 Å². The molecule has 0 fully saturated rings. The van der Waals surface area contributed by atoms with Crippen molar-refractivity contribution in [3.05, 3.63) is 69.5 Å². The van der Waals surface area contributed by atoms with Crippen molar-refractivity contribution in [3.63, 3.8) is 0 Å². The van der Waals surface area contributed by atoms with Crippen molar-refractivity contribution >= 4 is 45.2 Å². The molecular weight excluding hydrogens is 490 g/mol. The Morgan fingerprint density at radius 1 is 1.12 bits per heavy atom. The van der Waals surface area contributed by atoms with Crippen LogP contribution in [0, 0.1) is 13.8 Å². The van der Waals surface area contributed by atoms with Gasteiger partial charge in [-0.1, -0.05) is 45.4 Å². The largest absolute Gasteiger partial charge is 0.342 e. The van der Waals surface area contributed by atoms with Crippen LogP contribution in [0.3, 0.4) is 0 Å². The van der Waals surface area contributed by atoms with Crippen molar-refractivity contribution < 1.29 is 9.59 Å². The third-order valence-electron chi connectivity index (χ3n) is 4.88. The van der Waals surface area contributed by atoms with E-state index < -0.39 is 0 Å². The van der Waals surface area contributed by atoms with Crippen molar-refractivity contribution in [1.29, 1.82) is 0 Å². The first kappa shape index (κ1) is 24.0. The molecule has 3 aromatic rings. The third-order valence-corrected chi connectivity index (χ3v) is 6.74. The van der Waals surface area contributed by atoms with Crippen LogP contribution in [0.5, 0.6) is 0 Å². The summed E-state index contributed by atoms with van der Waals surface area (Å²) in [5, 5.41) is 15.0. The van der Waals surface area contributed by atoms with Crippen molar-refractivity contribution in [2.24, 2.45) is 0 Å². The molecule has 0 saturated heterocycles. The molecule has 0 aliphatic heterocycles. The second-order valence-electron chi connectivity index (χ2n) is 7.45. The van der Waals surface area contributed by atoms with Gasteiger partial charge in [0, 0.05) is 22.3 Å². The number of halogens is 1. The van der Waals surface area contributed by atoms with E-state index in [9.17, 15) is 9.59 Å². The minimum atomic E-state index is -0.329.